The topological polar surface area (TPSA) is 58.6 Å². The van der Waals surface area contributed by atoms with Crippen LogP contribution < -0.4 is 5.32 Å². The molecule has 2 amide bonds. The summed E-state index contributed by atoms with van der Waals surface area (Å²) < 4.78 is 5.63. The van der Waals surface area contributed by atoms with E-state index < -0.39 is 0 Å². The van der Waals surface area contributed by atoms with Crippen LogP contribution in [0.15, 0.2) is 24.3 Å². The summed E-state index contributed by atoms with van der Waals surface area (Å²) in [5, 5.41) is 2.75. The van der Waals surface area contributed by atoms with Crippen LogP contribution in [0.4, 0.5) is 0 Å². The predicted octanol–water partition coefficient (Wildman–Crippen LogP) is 2.57. The minimum Gasteiger partial charge on any atom is -0.373 e. The fourth-order valence-electron chi connectivity index (χ4n) is 3.81. The minimum atomic E-state index is -0.142. The van der Waals surface area contributed by atoms with E-state index in [2.05, 4.69) is 31.3 Å². The summed E-state index contributed by atoms with van der Waals surface area (Å²) in [5.41, 5.74) is 2.42. The average Bonchev–Trinajstić information content (AvgIpc) is 2.59. The summed E-state index contributed by atoms with van der Waals surface area (Å²) in [7, 11) is 0. The van der Waals surface area contributed by atoms with Gasteiger partial charge in [0.2, 0.25) is 5.91 Å². The lowest BCUT2D eigenvalue weighted by Crippen LogP contribution is -2.49. The molecule has 1 aliphatic heterocycles. The molecule has 136 valence electrons. The second-order valence-corrected chi connectivity index (χ2v) is 7.88. The SMILES string of the molecule is CC(=O)NCC1CN(C(=O)c2ccc(C3CCC3(C)C)cc2)CCO1. The van der Waals surface area contributed by atoms with Gasteiger partial charge in [0, 0.05) is 32.1 Å². The molecule has 2 aliphatic rings. The van der Waals surface area contributed by atoms with Crippen LogP contribution >= 0.6 is 0 Å². The van der Waals surface area contributed by atoms with Crippen LogP contribution in [-0.4, -0.2) is 49.1 Å². The number of nitrogens with one attached hydrogen (secondary N) is 1. The quantitative estimate of drug-likeness (QED) is 0.913. The van der Waals surface area contributed by atoms with Crippen LogP contribution in [-0.2, 0) is 9.53 Å². The van der Waals surface area contributed by atoms with Crippen molar-refractivity contribution < 1.29 is 14.3 Å². The molecular formula is C20H28N2O3. The van der Waals surface area contributed by atoms with Gasteiger partial charge in [-0.25, -0.2) is 0 Å². The Labute approximate surface area is 149 Å². The van der Waals surface area contributed by atoms with E-state index in [1.165, 1.54) is 25.3 Å². The Morgan fingerprint density at radius 1 is 1.28 bits per heavy atom. The Bertz CT molecular complexity index is 639. The molecule has 5 heteroatoms. The second-order valence-electron chi connectivity index (χ2n) is 7.88. The third kappa shape index (κ3) is 4.03. The Hall–Kier alpha value is -1.88. The lowest BCUT2D eigenvalue weighted by molar-refractivity contribution is -0.120. The smallest absolute Gasteiger partial charge is 0.254 e. The van der Waals surface area contributed by atoms with Gasteiger partial charge < -0.3 is 15.0 Å². The Morgan fingerprint density at radius 3 is 2.56 bits per heavy atom. The van der Waals surface area contributed by atoms with Gasteiger partial charge in [-0.05, 0) is 41.9 Å². The molecule has 1 N–H and O–H groups in total. The first kappa shape index (κ1) is 17.9. The van der Waals surface area contributed by atoms with Crippen LogP contribution in [0.2, 0.25) is 0 Å². The Kier molecular flexibility index (Phi) is 5.13. The van der Waals surface area contributed by atoms with Gasteiger partial charge in [-0.3, -0.25) is 9.59 Å². The summed E-state index contributed by atoms with van der Waals surface area (Å²) in [6, 6.07) is 8.11. The fourth-order valence-corrected chi connectivity index (χ4v) is 3.81. The second kappa shape index (κ2) is 7.16. The molecule has 5 nitrogen and oxygen atoms in total. The molecule has 1 aliphatic carbocycles. The van der Waals surface area contributed by atoms with Gasteiger partial charge in [0.15, 0.2) is 0 Å². The number of benzene rings is 1. The maximum Gasteiger partial charge on any atom is 0.254 e. The standard InChI is InChI=1S/C20H28N2O3/c1-14(23)21-12-17-13-22(10-11-25-17)19(24)16-6-4-15(5-7-16)18-8-9-20(18,2)3/h4-7,17-18H,8-13H2,1-3H3,(H,21,23). The summed E-state index contributed by atoms with van der Waals surface area (Å²) >= 11 is 0. The Balaban J connectivity index is 1.61. The molecule has 0 radical (unpaired) electrons. The zero-order valence-electron chi connectivity index (χ0n) is 15.4. The summed E-state index contributed by atoms with van der Waals surface area (Å²) in [4.78, 5) is 25.6. The van der Waals surface area contributed by atoms with Gasteiger partial charge in [0.1, 0.15) is 0 Å². The lowest BCUT2D eigenvalue weighted by atomic mass is 9.60. The molecule has 2 unspecified atom stereocenters. The van der Waals surface area contributed by atoms with Crippen molar-refractivity contribution in [2.75, 3.05) is 26.2 Å². The van der Waals surface area contributed by atoms with Crippen molar-refractivity contribution in [3.05, 3.63) is 35.4 Å². The van der Waals surface area contributed by atoms with E-state index in [9.17, 15) is 9.59 Å². The van der Waals surface area contributed by atoms with Crippen LogP contribution in [0.25, 0.3) is 0 Å². The molecule has 0 aromatic heterocycles. The highest BCUT2D eigenvalue weighted by Gasteiger charge is 2.39. The third-order valence-electron chi connectivity index (χ3n) is 5.59. The molecular weight excluding hydrogens is 316 g/mol. The number of amides is 2. The Morgan fingerprint density at radius 2 is 2.00 bits per heavy atom. The predicted molar refractivity (Wildman–Crippen MR) is 96.5 cm³/mol. The summed E-state index contributed by atoms with van der Waals surface area (Å²) in [6.45, 7) is 8.14. The maximum atomic E-state index is 12.8. The van der Waals surface area contributed by atoms with Crippen LogP contribution in [0.5, 0.6) is 0 Å². The first-order valence-electron chi connectivity index (χ1n) is 9.12. The molecule has 25 heavy (non-hydrogen) atoms. The van der Waals surface area contributed by atoms with E-state index in [-0.39, 0.29) is 17.9 Å². The van der Waals surface area contributed by atoms with Gasteiger partial charge in [-0.1, -0.05) is 26.0 Å². The number of hydrogen-bond acceptors (Lipinski definition) is 3. The van der Waals surface area contributed by atoms with Crippen molar-refractivity contribution in [1.82, 2.24) is 10.2 Å². The summed E-state index contributed by atoms with van der Waals surface area (Å²) in [5.74, 6) is 0.555. The van der Waals surface area contributed by atoms with Crippen molar-refractivity contribution in [3.8, 4) is 0 Å². The molecule has 2 atom stereocenters. The van der Waals surface area contributed by atoms with Gasteiger partial charge in [0.25, 0.3) is 5.91 Å². The average molecular weight is 344 g/mol. The number of ether oxygens (including phenoxy) is 1. The maximum absolute atomic E-state index is 12.8. The molecule has 0 spiro atoms. The van der Waals surface area contributed by atoms with E-state index >= 15 is 0 Å². The lowest BCUT2D eigenvalue weighted by Gasteiger charge is -2.45. The first-order valence-corrected chi connectivity index (χ1v) is 9.12. The molecule has 2 fully saturated rings. The first-order chi connectivity index (χ1) is 11.9. The van der Waals surface area contributed by atoms with E-state index in [4.69, 9.17) is 4.74 Å². The van der Waals surface area contributed by atoms with Crippen molar-refractivity contribution in [2.45, 2.75) is 45.6 Å². The molecule has 1 saturated carbocycles. The van der Waals surface area contributed by atoms with Crippen molar-refractivity contribution >= 4 is 11.8 Å². The van der Waals surface area contributed by atoms with Crippen molar-refractivity contribution in [2.24, 2.45) is 5.41 Å². The highest BCUT2D eigenvalue weighted by molar-refractivity contribution is 5.94. The molecule has 1 saturated heterocycles. The highest BCUT2D eigenvalue weighted by atomic mass is 16.5. The van der Waals surface area contributed by atoms with Crippen LogP contribution in [0.3, 0.4) is 0 Å². The van der Waals surface area contributed by atoms with Crippen molar-refractivity contribution in [1.29, 1.82) is 0 Å². The van der Waals surface area contributed by atoms with Gasteiger partial charge in [-0.2, -0.15) is 0 Å². The molecule has 1 heterocycles. The number of hydrogen-bond donors (Lipinski definition) is 1. The van der Waals surface area contributed by atoms with Crippen LogP contribution in [0, 0.1) is 5.41 Å². The van der Waals surface area contributed by atoms with Gasteiger partial charge >= 0.3 is 0 Å². The van der Waals surface area contributed by atoms with Gasteiger partial charge in [-0.15, -0.1) is 0 Å². The zero-order chi connectivity index (χ0) is 18.0. The van der Waals surface area contributed by atoms with E-state index in [1.807, 2.05) is 17.0 Å². The molecule has 1 aromatic carbocycles. The van der Waals surface area contributed by atoms with Crippen LogP contribution in [0.1, 0.15) is 55.5 Å². The normalized spacial score (nSPS) is 25.2. The third-order valence-corrected chi connectivity index (χ3v) is 5.59. The number of carbonyl (C=O) groups is 2. The number of rotatable bonds is 4. The highest BCUT2D eigenvalue weighted by Crippen LogP contribution is 2.52. The fraction of sp³-hybridized carbons (Fsp3) is 0.600. The largest absolute Gasteiger partial charge is 0.373 e. The van der Waals surface area contributed by atoms with E-state index in [0.29, 0.717) is 37.6 Å². The molecule has 3 rings (SSSR count). The minimum absolute atomic E-state index is 0.0375. The number of carbonyl (C=O) groups excluding carboxylic acids is 2. The zero-order valence-corrected chi connectivity index (χ0v) is 15.4. The van der Waals surface area contributed by atoms with Gasteiger partial charge in [0.05, 0.1) is 12.7 Å². The molecule has 0 bridgehead atoms. The number of nitrogens with zero attached hydrogens (tertiary/aromatic N) is 1. The molecule has 1 aromatic rings. The summed E-state index contributed by atoms with van der Waals surface area (Å²) in [6.07, 6.45) is 2.35. The van der Waals surface area contributed by atoms with Crippen molar-refractivity contribution in [3.63, 3.8) is 0 Å². The van der Waals surface area contributed by atoms with E-state index in [1.54, 1.807) is 0 Å². The number of morpholine rings is 1. The van der Waals surface area contributed by atoms with E-state index in [0.717, 1.165) is 5.56 Å². The monoisotopic (exact) mass is 344 g/mol.